The van der Waals surface area contributed by atoms with Gasteiger partial charge in [-0.05, 0) is 30.3 Å². The molecule has 0 amide bonds. The maximum absolute atomic E-state index is 4.72. The van der Waals surface area contributed by atoms with Crippen molar-refractivity contribution in [3.63, 3.8) is 0 Å². The van der Waals surface area contributed by atoms with E-state index in [0.717, 1.165) is 32.1 Å². The molecule has 20 heavy (non-hydrogen) atoms. The lowest BCUT2D eigenvalue weighted by atomic mass is 10.3. The molecular weight excluding hydrogens is 332 g/mol. The first kappa shape index (κ1) is 13.5. The highest BCUT2D eigenvalue weighted by Crippen LogP contribution is 2.29. The summed E-state index contributed by atoms with van der Waals surface area (Å²) in [6.45, 7) is 3.78. The summed E-state index contributed by atoms with van der Waals surface area (Å²) in [6.07, 6.45) is 1.90. The van der Waals surface area contributed by atoms with Crippen molar-refractivity contribution in [1.82, 2.24) is 9.55 Å². The topological polar surface area (TPSA) is 17.8 Å². The molecule has 3 rings (SSSR count). The molecule has 0 aliphatic rings. The molecule has 1 heterocycles. The molecule has 2 aromatic carbocycles. The summed E-state index contributed by atoms with van der Waals surface area (Å²) < 4.78 is 3.25. The maximum atomic E-state index is 4.72. The van der Waals surface area contributed by atoms with Gasteiger partial charge in [-0.1, -0.05) is 52.0 Å². The molecule has 0 aliphatic carbocycles. The van der Waals surface area contributed by atoms with E-state index in [2.05, 4.69) is 45.3 Å². The Morgan fingerprint density at radius 2 is 2.00 bits per heavy atom. The minimum atomic E-state index is 0.845. The third-order valence-electron chi connectivity index (χ3n) is 2.93. The van der Waals surface area contributed by atoms with Crippen LogP contribution in [0.5, 0.6) is 0 Å². The lowest BCUT2D eigenvalue weighted by molar-refractivity contribution is 0.921. The van der Waals surface area contributed by atoms with E-state index in [0.29, 0.717) is 0 Å². The number of fused-ring (bicyclic) bond motifs is 1. The van der Waals surface area contributed by atoms with Crippen molar-refractivity contribution in [3.8, 4) is 5.69 Å². The van der Waals surface area contributed by atoms with Crippen LogP contribution in [0.25, 0.3) is 16.7 Å². The summed E-state index contributed by atoms with van der Waals surface area (Å²) in [5, 5.41) is 0.990. The van der Waals surface area contributed by atoms with Crippen LogP contribution in [-0.4, -0.2) is 15.3 Å². The Kier molecular flexibility index (Phi) is 3.94. The number of benzene rings is 2. The van der Waals surface area contributed by atoms with Gasteiger partial charge in [0.2, 0.25) is 0 Å². The van der Waals surface area contributed by atoms with Gasteiger partial charge in [0.15, 0.2) is 5.16 Å². The van der Waals surface area contributed by atoms with Gasteiger partial charge in [0.1, 0.15) is 0 Å². The van der Waals surface area contributed by atoms with Crippen molar-refractivity contribution in [2.75, 3.05) is 5.75 Å². The highest BCUT2D eigenvalue weighted by Gasteiger charge is 2.12. The predicted molar refractivity (Wildman–Crippen MR) is 89.7 cm³/mol. The van der Waals surface area contributed by atoms with Crippen molar-refractivity contribution in [2.45, 2.75) is 5.16 Å². The highest BCUT2D eigenvalue weighted by atomic mass is 79.9. The first-order chi connectivity index (χ1) is 9.79. The van der Waals surface area contributed by atoms with Crippen LogP contribution in [0.1, 0.15) is 0 Å². The number of aromatic nitrogens is 2. The number of halogens is 1. The van der Waals surface area contributed by atoms with E-state index in [-0.39, 0.29) is 0 Å². The van der Waals surface area contributed by atoms with Crippen LogP contribution in [-0.2, 0) is 0 Å². The van der Waals surface area contributed by atoms with Gasteiger partial charge >= 0.3 is 0 Å². The van der Waals surface area contributed by atoms with Crippen molar-refractivity contribution < 1.29 is 0 Å². The summed E-state index contributed by atoms with van der Waals surface area (Å²) in [4.78, 5) is 4.72. The number of nitrogens with zero attached hydrogens (tertiary/aromatic N) is 2. The second kappa shape index (κ2) is 5.85. The quantitative estimate of drug-likeness (QED) is 0.486. The Hall–Kier alpha value is -1.52. The maximum Gasteiger partial charge on any atom is 0.174 e. The lowest BCUT2D eigenvalue weighted by Gasteiger charge is -2.08. The van der Waals surface area contributed by atoms with E-state index in [4.69, 9.17) is 4.98 Å². The van der Waals surface area contributed by atoms with Crippen LogP contribution in [0.15, 0.2) is 70.8 Å². The van der Waals surface area contributed by atoms with Crippen LogP contribution >= 0.6 is 27.7 Å². The van der Waals surface area contributed by atoms with Gasteiger partial charge < -0.3 is 0 Å². The molecule has 0 atom stereocenters. The number of hydrogen-bond acceptors (Lipinski definition) is 2. The third-order valence-corrected chi connectivity index (χ3v) is 4.36. The minimum absolute atomic E-state index is 0.845. The molecule has 1 aromatic heterocycles. The molecule has 0 saturated carbocycles. The molecule has 0 fully saturated rings. The zero-order valence-electron chi connectivity index (χ0n) is 10.8. The predicted octanol–water partition coefficient (Wildman–Crippen LogP) is 5.07. The zero-order chi connectivity index (χ0) is 13.9. The highest BCUT2D eigenvalue weighted by molar-refractivity contribution is 9.10. The van der Waals surface area contributed by atoms with Crippen molar-refractivity contribution in [1.29, 1.82) is 0 Å². The number of thioether (sulfide) groups is 1. The first-order valence-electron chi connectivity index (χ1n) is 6.27. The zero-order valence-corrected chi connectivity index (χ0v) is 13.2. The summed E-state index contributed by atoms with van der Waals surface area (Å²) in [5.41, 5.74) is 3.24. The van der Waals surface area contributed by atoms with Crippen LogP contribution < -0.4 is 0 Å². The van der Waals surface area contributed by atoms with Gasteiger partial charge in [-0.25, -0.2) is 4.98 Å². The summed E-state index contributed by atoms with van der Waals surface area (Å²) in [6, 6.07) is 16.5. The van der Waals surface area contributed by atoms with E-state index in [1.165, 1.54) is 0 Å². The van der Waals surface area contributed by atoms with Crippen molar-refractivity contribution in [3.05, 3.63) is 65.7 Å². The first-order valence-corrected chi connectivity index (χ1v) is 8.04. The molecular formula is C16H13BrN2S. The number of para-hydroxylation sites is 1. The fourth-order valence-electron chi connectivity index (χ4n) is 2.08. The number of rotatable bonds is 4. The Morgan fingerprint density at radius 3 is 2.75 bits per heavy atom. The molecule has 0 unspecified atom stereocenters. The van der Waals surface area contributed by atoms with Crippen LogP contribution in [0.3, 0.4) is 0 Å². The third kappa shape index (κ3) is 2.53. The molecule has 0 bridgehead atoms. The van der Waals surface area contributed by atoms with Crippen LogP contribution in [0.4, 0.5) is 0 Å². The largest absolute Gasteiger partial charge is 0.287 e. The summed E-state index contributed by atoms with van der Waals surface area (Å²) in [7, 11) is 0. The molecule has 100 valence electrons. The van der Waals surface area contributed by atoms with E-state index in [1.54, 1.807) is 11.8 Å². The second-order valence-corrected chi connectivity index (χ2v) is 6.20. The van der Waals surface area contributed by atoms with Crippen LogP contribution in [0.2, 0.25) is 0 Å². The Morgan fingerprint density at radius 1 is 1.20 bits per heavy atom. The van der Waals surface area contributed by atoms with Crippen molar-refractivity contribution in [2.24, 2.45) is 0 Å². The van der Waals surface area contributed by atoms with Gasteiger partial charge in [0.05, 0.1) is 11.0 Å². The Balaban J connectivity index is 2.24. The fraction of sp³-hybridized carbons (Fsp3) is 0.0625. The van der Waals surface area contributed by atoms with Crippen molar-refractivity contribution >= 4 is 38.7 Å². The molecule has 0 N–H and O–H groups in total. The monoisotopic (exact) mass is 344 g/mol. The standard InChI is InChI=1S/C16H13BrN2S/c1-2-10-20-16-18-14-9-8-12(17)11-15(14)19(16)13-6-4-3-5-7-13/h2-9,11H,1,10H2. The Labute approximate surface area is 130 Å². The molecule has 2 nitrogen and oxygen atoms in total. The SMILES string of the molecule is C=CCSc1nc2ccc(Br)cc2n1-c1ccccc1. The average molecular weight is 345 g/mol. The number of imidazole rings is 1. The van der Waals surface area contributed by atoms with Gasteiger partial charge in [0, 0.05) is 15.9 Å². The van der Waals surface area contributed by atoms with Gasteiger partial charge in [-0.15, -0.1) is 6.58 Å². The summed E-state index contributed by atoms with van der Waals surface area (Å²) >= 11 is 5.23. The molecule has 4 heteroatoms. The Bertz CT molecular complexity index is 750. The van der Waals surface area contributed by atoms with Gasteiger partial charge in [0.25, 0.3) is 0 Å². The van der Waals surface area contributed by atoms with Gasteiger partial charge in [-0.2, -0.15) is 0 Å². The number of hydrogen-bond donors (Lipinski definition) is 0. The average Bonchev–Trinajstić information content (AvgIpc) is 2.83. The van der Waals surface area contributed by atoms with E-state index in [1.807, 2.05) is 36.4 Å². The minimum Gasteiger partial charge on any atom is -0.287 e. The normalized spacial score (nSPS) is 10.8. The smallest absolute Gasteiger partial charge is 0.174 e. The molecule has 0 radical (unpaired) electrons. The van der Waals surface area contributed by atoms with E-state index < -0.39 is 0 Å². The second-order valence-electron chi connectivity index (χ2n) is 4.30. The molecule has 0 saturated heterocycles. The fourth-order valence-corrected chi connectivity index (χ4v) is 3.19. The summed E-state index contributed by atoms with van der Waals surface area (Å²) in [5.74, 6) is 0.845. The van der Waals surface area contributed by atoms with Gasteiger partial charge in [-0.3, -0.25) is 4.57 Å². The molecule has 0 spiro atoms. The van der Waals surface area contributed by atoms with E-state index in [9.17, 15) is 0 Å². The molecule has 3 aromatic rings. The molecule has 0 aliphatic heterocycles. The van der Waals surface area contributed by atoms with Crippen LogP contribution in [0, 0.1) is 0 Å². The van der Waals surface area contributed by atoms with E-state index >= 15 is 0 Å². The lowest BCUT2D eigenvalue weighted by Crippen LogP contribution is -1.96.